The number of carbonyl (C=O) groups is 2. The Morgan fingerprint density at radius 1 is 1.39 bits per heavy atom. The van der Waals surface area contributed by atoms with Gasteiger partial charge in [-0.2, -0.15) is 0 Å². The molecule has 0 radical (unpaired) electrons. The van der Waals surface area contributed by atoms with Crippen LogP contribution in [0.15, 0.2) is 12.4 Å². The number of nitrogens with one attached hydrogen (secondary N) is 1. The van der Waals surface area contributed by atoms with Gasteiger partial charge in [-0.05, 0) is 31.6 Å². The molecule has 0 aromatic carbocycles. The normalized spacial score (nSPS) is 25.4. The highest BCUT2D eigenvalue weighted by Gasteiger charge is 2.54. The van der Waals surface area contributed by atoms with Gasteiger partial charge in [-0.3, -0.25) is 9.59 Å². The Labute approximate surface area is 136 Å². The standard InChI is InChI=1S/C17H24N4O2/c1-20-8-7-18-14(20)16(23)21-10-13(17(11-21)5-2-6-17)15(22)19-9-12-3-4-12/h7-8,12-13H,2-6,9-11H2,1H3,(H,19,22). The maximum atomic E-state index is 12.7. The molecule has 0 bridgehead atoms. The summed E-state index contributed by atoms with van der Waals surface area (Å²) in [5, 5.41) is 3.12. The van der Waals surface area contributed by atoms with Gasteiger partial charge >= 0.3 is 0 Å². The van der Waals surface area contributed by atoms with E-state index in [1.54, 1.807) is 17.0 Å². The summed E-state index contributed by atoms with van der Waals surface area (Å²) in [5.41, 5.74) is 0.00839. The van der Waals surface area contributed by atoms with Crippen molar-refractivity contribution < 1.29 is 9.59 Å². The molecule has 1 atom stereocenters. The van der Waals surface area contributed by atoms with Crippen LogP contribution in [0.1, 0.15) is 42.7 Å². The highest BCUT2D eigenvalue weighted by atomic mass is 16.2. The van der Waals surface area contributed by atoms with Crippen LogP contribution in [0.25, 0.3) is 0 Å². The molecule has 4 rings (SSSR count). The predicted molar refractivity (Wildman–Crippen MR) is 84.6 cm³/mol. The van der Waals surface area contributed by atoms with E-state index < -0.39 is 0 Å². The van der Waals surface area contributed by atoms with Crippen LogP contribution in [0.2, 0.25) is 0 Å². The summed E-state index contributed by atoms with van der Waals surface area (Å²) in [5.74, 6) is 1.17. The molecule has 2 amide bonds. The van der Waals surface area contributed by atoms with Crippen molar-refractivity contribution >= 4 is 11.8 Å². The van der Waals surface area contributed by atoms with Gasteiger partial charge in [0.25, 0.3) is 5.91 Å². The van der Waals surface area contributed by atoms with Crippen molar-refractivity contribution in [2.75, 3.05) is 19.6 Å². The summed E-state index contributed by atoms with van der Waals surface area (Å²) in [6.45, 7) is 2.03. The molecular weight excluding hydrogens is 292 g/mol. The summed E-state index contributed by atoms with van der Waals surface area (Å²) in [4.78, 5) is 31.3. The van der Waals surface area contributed by atoms with Crippen molar-refractivity contribution in [2.45, 2.75) is 32.1 Å². The van der Waals surface area contributed by atoms with E-state index >= 15 is 0 Å². The lowest BCUT2D eigenvalue weighted by Gasteiger charge is -2.41. The molecule has 6 heteroatoms. The molecule has 3 aliphatic rings. The van der Waals surface area contributed by atoms with E-state index in [0.29, 0.717) is 24.8 Å². The first kappa shape index (κ1) is 14.7. The highest BCUT2D eigenvalue weighted by Crippen LogP contribution is 2.52. The molecule has 2 heterocycles. The van der Waals surface area contributed by atoms with Crippen molar-refractivity contribution in [3.05, 3.63) is 18.2 Å². The van der Waals surface area contributed by atoms with E-state index in [1.807, 2.05) is 11.9 Å². The van der Waals surface area contributed by atoms with Crippen molar-refractivity contribution in [1.82, 2.24) is 19.8 Å². The van der Waals surface area contributed by atoms with Crippen molar-refractivity contribution in [1.29, 1.82) is 0 Å². The van der Waals surface area contributed by atoms with E-state index in [1.165, 1.54) is 12.8 Å². The zero-order valence-corrected chi connectivity index (χ0v) is 13.6. The van der Waals surface area contributed by atoms with Crippen molar-refractivity contribution in [2.24, 2.45) is 24.3 Å². The third-order valence-electron chi connectivity index (χ3n) is 5.88. The lowest BCUT2D eigenvalue weighted by Crippen LogP contribution is -2.45. The lowest BCUT2D eigenvalue weighted by molar-refractivity contribution is -0.129. The number of hydrogen-bond acceptors (Lipinski definition) is 3. The van der Waals surface area contributed by atoms with Gasteiger partial charge in [0, 0.05) is 44.5 Å². The van der Waals surface area contributed by atoms with Gasteiger partial charge in [0.1, 0.15) is 0 Å². The second-order valence-corrected chi connectivity index (χ2v) is 7.50. The molecule has 3 fully saturated rings. The smallest absolute Gasteiger partial charge is 0.289 e. The Kier molecular flexibility index (Phi) is 3.43. The van der Waals surface area contributed by atoms with Crippen LogP contribution in [0, 0.1) is 17.3 Å². The van der Waals surface area contributed by atoms with Crippen LogP contribution >= 0.6 is 0 Å². The molecular formula is C17H24N4O2. The lowest BCUT2D eigenvalue weighted by atomic mass is 9.62. The van der Waals surface area contributed by atoms with Gasteiger partial charge < -0.3 is 14.8 Å². The third-order valence-corrected chi connectivity index (χ3v) is 5.88. The van der Waals surface area contributed by atoms with Gasteiger partial charge in [0.05, 0.1) is 5.92 Å². The van der Waals surface area contributed by atoms with E-state index in [-0.39, 0.29) is 23.1 Å². The van der Waals surface area contributed by atoms with Crippen molar-refractivity contribution in [3.8, 4) is 0 Å². The number of amides is 2. The molecule has 2 saturated carbocycles. The first-order chi connectivity index (χ1) is 11.1. The molecule has 1 spiro atoms. The molecule has 1 aliphatic heterocycles. The van der Waals surface area contributed by atoms with Gasteiger partial charge in [0.2, 0.25) is 5.91 Å². The highest BCUT2D eigenvalue weighted by molar-refractivity contribution is 5.92. The number of carbonyl (C=O) groups excluding carboxylic acids is 2. The summed E-state index contributed by atoms with van der Waals surface area (Å²) >= 11 is 0. The summed E-state index contributed by atoms with van der Waals surface area (Å²) in [6.07, 6.45) is 9.17. The fourth-order valence-electron chi connectivity index (χ4n) is 4.03. The average Bonchev–Trinajstić information content (AvgIpc) is 3.07. The summed E-state index contributed by atoms with van der Waals surface area (Å²) < 4.78 is 1.75. The number of rotatable bonds is 4. The van der Waals surface area contributed by atoms with Gasteiger partial charge in [0.15, 0.2) is 5.82 Å². The number of likely N-dealkylation sites (tertiary alicyclic amines) is 1. The number of aryl methyl sites for hydroxylation is 1. The molecule has 1 unspecified atom stereocenters. The zero-order chi connectivity index (χ0) is 16.0. The molecule has 1 N–H and O–H groups in total. The van der Waals surface area contributed by atoms with Crippen LogP contribution in [0.5, 0.6) is 0 Å². The summed E-state index contributed by atoms with van der Waals surface area (Å²) in [7, 11) is 1.83. The van der Waals surface area contributed by atoms with Crippen LogP contribution < -0.4 is 5.32 Å². The van der Waals surface area contributed by atoms with Crippen LogP contribution in [0.4, 0.5) is 0 Å². The fourth-order valence-corrected chi connectivity index (χ4v) is 4.03. The number of nitrogens with zero attached hydrogens (tertiary/aromatic N) is 3. The third kappa shape index (κ3) is 2.54. The number of imidazole rings is 1. The second-order valence-electron chi connectivity index (χ2n) is 7.50. The van der Waals surface area contributed by atoms with Crippen LogP contribution in [-0.4, -0.2) is 45.9 Å². The first-order valence-corrected chi connectivity index (χ1v) is 8.63. The van der Waals surface area contributed by atoms with E-state index in [2.05, 4.69) is 10.3 Å². The Morgan fingerprint density at radius 2 is 2.17 bits per heavy atom. The topological polar surface area (TPSA) is 67.2 Å². The minimum Gasteiger partial charge on any atom is -0.356 e. The fraction of sp³-hybridized carbons (Fsp3) is 0.706. The Balaban J connectivity index is 1.48. The molecule has 1 saturated heterocycles. The number of aromatic nitrogens is 2. The van der Waals surface area contributed by atoms with Gasteiger partial charge in [-0.25, -0.2) is 4.98 Å². The number of hydrogen-bond donors (Lipinski definition) is 1. The van der Waals surface area contributed by atoms with E-state index in [4.69, 9.17) is 0 Å². The molecule has 6 nitrogen and oxygen atoms in total. The Hall–Kier alpha value is -1.85. The van der Waals surface area contributed by atoms with Crippen LogP contribution in [0.3, 0.4) is 0 Å². The Bertz CT molecular complexity index is 630. The minimum absolute atomic E-state index is 0.00839. The maximum Gasteiger partial charge on any atom is 0.289 e. The molecule has 124 valence electrons. The quantitative estimate of drug-likeness (QED) is 0.907. The maximum absolute atomic E-state index is 12.7. The monoisotopic (exact) mass is 316 g/mol. The predicted octanol–water partition coefficient (Wildman–Crippen LogP) is 1.19. The minimum atomic E-state index is -0.0563. The largest absolute Gasteiger partial charge is 0.356 e. The SMILES string of the molecule is Cn1ccnc1C(=O)N1CC(C(=O)NCC2CC2)C2(CCC2)C1. The zero-order valence-electron chi connectivity index (χ0n) is 13.6. The van der Waals surface area contributed by atoms with Crippen molar-refractivity contribution in [3.63, 3.8) is 0 Å². The van der Waals surface area contributed by atoms with Crippen LogP contribution in [-0.2, 0) is 11.8 Å². The molecule has 23 heavy (non-hydrogen) atoms. The second kappa shape index (κ2) is 5.35. The van der Waals surface area contributed by atoms with Gasteiger partial charge in [-0.15, -0.1) is 0 Å². The van der Waals surface area contributed by atoms with E-state index in [0.717, 1.165) is 25.8 Å². The first-order valence-electron chi connectivity index (χ1n) is 8.63. The van der Waals surface area contributed by atoms with Gasteiger partial charge in [-0.1, -0.05) is 6.42 Å². The molecule has 2 aliphatic carbocycles. The van der Waals surface area contributed by atoms with E-state index in [9.17, 15) is 9.59 Å². The molecule has 1 aromatic heterocycles. The average molecular weight is 316 g/mol. The Morgan fingerprint density at radius 3 is 2.74 bits per heavy atom. The molecule has 1 aromatic rings. The summed E-state index contributed by atoms with van der Waals surface area (Å²) in [6, 6.07) is 0.